The first-order valence-electron chi connectivity index (χ1n) is 7.39. The highest BCUT2D eigenvalue weighted by molar-refractivity contribution is 5.27. The number of ether oxygens (including phenoxy) is 1. The summed E-state index contributed by atoms with van der Waals surface area (Å²) in [5, 5.41) is 8.25. The number of aromatic nitrogens is 3. The smallest absolute Gasteiger partial charge is 0.118 e. The molecule has 0 bridgehead atoms. The highest BCUT2D eigenvalue weighted by Crippen LogP contribution is 2.13. The van der Waals surface area contributed by atoms with Gasteiger partial charge >= 0.3 is 0 Å². The summed E-state index contributed by atoms with van der Waals surface area (Å²) in [4.78, 5) is 0. The summed E-state index contributed by atoms with van der Waals surface area (Å²) in [6.07, 6.45) is 3.79. The average molecular weight is 293 g/mol. The second kappa shape index (κ2) is 6.89. The van der Waals surface area contributed by atoms with E-state index in [0.29, 0.717) is 0 Å². The number of benzene rings is 2. The highest BCUT2D eigenvalue weighted by Gasteiger charge is 2.05. The van der Waals surface area contributed by atoms with Crippen molar-refractivity contribution in [2.24, 2.45) is 0 Å². The van der Waals surface area contributed by atoms with Gasteiger partial charge in [-0.15, -0.1) is 5.10 Å². The Bertz CT molecular complexity index is 705. The predicted octanol–water partition coefficient (Wildman–Crippen LogP) is 3.12. The lowest BCUT2D eigenvalue weighted by Crippen LogP contribution is -2.07. The molecular weight excluding hydrogens is 274 g/mol. The summed E-state index contributed by atoms with van der Waals surface area (Å²) >= 11 is 0. The number of hydrogen-bond donors (Lipinski definition) is 0. The minimum absolute atomic E-state index is 0.730. The van der Waals surface area contributed by atoms with Crippen LogP contribution in [0.3, 0.4) is 0 Å². The lowest BCUT2D eigenvalue weighted by molar-refractivity contribution is 0.414. The maximum absolute atomic E-state index is 5.18. The van der Waals surface area contributed by atoms with Crippen molar-refractivity contribution < 1.29 is 4.74 Å². The molecule has 0 amide bonds. The fourth-order valence-electron chi connectivity index (χ4n) is 2.43. The van der Waals surface area contributed by atoms with Crippen molar-refractivity contribution in [3.05, 3.63) is 77.6 Å². The largest absolute Gasteiger partial charge is 0.497 e. The molecule has 4 nitrogen and oxygen atoms in total. The summed E-state index contributed by atoms with van der Waals surface area (Å²) in [5.74, 6) is 0.867. The van der Waals surface area contributed by atoms with Gasteiger partial charge in [-0.3, -0.25) is 0 Å². The molecule has 0 aliphatic carbocycles. The Labute approximate surface area is 130 Å². The van der Waals surface area contributed by atoms with Crippen LogP contribution in [0, 0.1) is 0 Å². The first-order valence-corrected chi connectivity index (χ1v) is 7.39. The summed E-state index contributed by atoms with van der Waals surface area (Å²) in [6.45, 7) is 0.730. The standard InChI is InChI=1S/C18H19N3O/c1-22-18-11-8-16(9-12-18)14-21-17(13-19-20-21)10-7-15-5-3-2-4-6-15/h2-6,8-9,11-13H,7,10,14H2,1H3. The zero-order chi connectivity index (χ0) is 15.2. The molecular formula is C18H19N3O. The second-order valence-electron chi connectivity index (χ2n) is 5.22. The van der Waals surface area contributed by atoms with Crippen molar-refractivity contribution in [3.63, 3.8) is 0 Å². The number of aryl methyl sites for hydroxylation is 2. The number of nitrogens with zero attached hydrogens (tertiary/aromatic N) is 3. The fraction of sp³-hybridized carbons (Fsp3) is 0.222. The van der Waals surface area contributed by atoms with Crippen LogP contribution in [0.2, 0.25) is 0 Å². The van der Waals surface area contributed by atoms with Crippen LogP contribution in [0.1, 0.15) is 16.8 Å². The Balaban J connectivity index is 1.66. The molecule has 3 aromatic rings. The first kappa shape index (κ1) is 14.3. The van der Waals surface area contributed by atoms with Crippen molar-refractivity contribution in [2.75, 3.05) is 7.11 Å². The van der Waals surface area contributed by atoms with Crippen LogP contribution in [-0.4, -0.2) is 22.1 Å². The highest BCUT2D eigenvalue weighted by atomic mass is 16.5. The van der Waals surface area contributed by atoms with Gasteiger partial charge in [0.25, 0.3) is 0 Å². The third kappa shape index (κ3) is 3.52. The molecule has 0 aliphatic heterocycles. The number of methoxy groups -OCH3 is 1. The quantitative estimate of drug-likeness (QED) is 0.701. The fourth-order valence-corrected chi connectivity index (χ4v) is 2.43. The van der Waals surface area contributed by atoms with Crippen molar-refractivity contribution in [2.45, 2.75) is 19.4 Å². The van der Waals surface area contributed by atoms with Crippen molar-refractivity contribution in [1.82, 2.24) is 15.0 Å². The van der Waals surface area contributed by atoms with Gasteiger partial charge in [0.15, 0.2) is 0 Å². The van der Waals surface area contributed by atoms with Crippen LogP contribution >= 0.6 is 0 Å². The van der Waals surface area contributed by atoms with E-state index in [1.807, 2.05) is 29.1 Å². The van der Waals surface area contributed by atoms with Gasteiger partial charge in [-0.25, -0.2) is 4.68 Å². The van der Waals surface area contributed by atoms with Crippen molar-refractivity contribution >= 4 is 0 Å². The van der Waals surface area contributed by atoms with E-state index in [4.69, 9.17) is 4.74 Å². The van der Waals surface area contributed by atoms with E-state index < -0.39 is 0 Å². The third-order valence-corrected chi connectivity index (χ3v) is 3.70. The number of rotatable bonds is 6. The van der Waals surface area contributed by atoms with Crippen molar-refractivity contribution in [3.8, 4) is 5.75 Å². The molecule has 3 rings (SSSR count). The van der Waals surface area contributed by atoms with Gasteiger partial charge < -0.3 is 4.74 Å². The van der Waals surface area contributed by atoms with E-state index in [0.717, 1.165) is 30.8 Å². The van der Waals surface area contributed by atoms with Crippen LogP contribution < -0.4 is 4.74 Å². The molecule has 22 heavy (non-hydrogen) atoms. The zero-order valence-corrected chi connectivity index (χ0v) is 12.6. The molecule has 0 aliphatic rings. The molecule has 0 saturated heterocycles. The Morgan fingerprint density at radius 3 is 2.41 bits per heavy atom. The first-order chi connectivity index (χ1) is 10.8. The minimum atomic E-state index is 0.730. The SMILES string of the molecule is COc1ccc(Cn2nncc2CCc2ccccc2)cc1. The van der Waals surface area contributed by atoms with Crippen LogP contribution in [0.15, 0.2) is 60.8 Å². The second-order valence-corrected chi connectivity index (χ2v) is 5.22. The number of hydrogen-bond acceptors (Lipinski definition) is 3. The lowest BCUT2D eigenvalue weighted by Gasteiger charge is -2.07. The molecule has 0 spiro atoms. The van der Waals surface area contributed by atoms with Gasteiger partial charge in [0.05, 0.1) is 25.5 Å². The van der Waals surface area contributed by atoms with Gasteiger partial charge in [-0.05, 0) is 36.1 Å². The zero-order valence-electron chi connectivity index (χ0n) is 12.6. The summed E-state index contributed by atoms with van der Waals surface area (Å²) in [6, 6.07) is 18.5. The molecule has 0 atom stereocenters. The Morgan fingerprint density at radius 1 is 0.909 bits per heavy atom. The van der Waals surface area contributed by atoms with Crippen molar-refractivity contribution in [1.29, 1.82) is 0 Å². The normalized spacial score (nSPS) is 10.6. The maximum Gasteiger partial charge on any atom is 0.118 e. The van der Waals surface area contributed by atoms with Crippen LogP contribution in [0.5, 0.6) is 5.75 Å². The van der Waals surface area contributed by atoms with E-state index in [-0.39, 0.29) is 0 Å². The average Bonchev–Trinajstić information content (AvgIpc) is 3.02. The summed E-state index contributed by atoms with van der Waals surface area (Å²) in [7, 11) is 1.67. The molecule has 0 saturated carbocycles. The predicted molar refractivity (Wildman–Crippen MR) is 86.0 cm³/mol. The topological polar surface area (TPSA) is 39.9 Å². The summed E-state index contributed by atoms with van der Waals surface area (Å²) < 4.78 is 7.14. The molecule has 0 radical (unpaired) electrons. The molecule has 1 aromatic heterocycles. The maximum atomic E-state index is 5.18. The molecule has 4 heteroatoms. The third-order valence-electron chi connectivity index (χ3n) is 3.70. The molecule has 0 N–H and O–H groups in total. The van der Waals surface area contributed by atoms with E-state index in [9.17, 15) is 0 Å². The van der Waals surface area contributed by atoms with E-state index in [2.05, 4.69) is 46.7 Å². The molecule has 0 fully saturated rings. The Morgan fingerprint density at radius 2 is 1.68 bits per heavy atom. The summed E-state index contributed by atoms with van der Waals surface area (Å²) in [5.41, 5.74) is 3.67. The van der Waals surface area contributed by atoms with E-state index in [1.165, 1.54) is 11.1 Å². The molecule has 112 valence electrons. The minimum Gasteiger partial charge on any atom is -0.497 e. The van der Waals surface area contributed by atoms with E-state index in [1.54, 1.807) is 7.11 Å². The van der Waals surface area contributed by atoms with Gasteiger partial charge in [0, 0.05) is 0 Å². The monoisotopic (exact) mass is 293 g/mol. The van der Waals surface area contributed by atoms with Crippen LogP contribution in [0.4, 0.5) is 0 Å². The Hall–Kier alpha value is -2.62. The van der Waals surface area contributed by atoms with E-state index >= 15 is 0 Å². The molecule has 1 heterocycles. The van der Waals surface area contributed by atoms with Crippen LogP contribution in [-0.2, 0) is 19.4 Å². The van der Waals surface area contributed by atoms with Gasteiger partial charge in [-0.2, -0.15) is 0 Å². The molecule has 2 aromatic carbocycles. The lowest BCUT2D eigenvalue weighted by atomic mass is 10.1. The van der Waals surface area contributed by atoms with Gasteiger partial charge in [0.2, 0.25) is 0 Å². The van der Waals surface area contributed by atoms with Crippen LogP contribution in [0.25, 0.3) is 0 Å². The van der Waals surface area contributed by atoms with Gasteiger partial charge in [-0.1, -0.05) is 47.7 Å². The Kier molecular flexibility index (Phi) is 4.49. The van der Waals surface area contributed by atoms with Gasteiger partial charge in [0.1, 0.15) is 5.75 Å². The molecule has 0 unspecified atom stereocenters.